The molecule has 0 spiro atoms. The first kappa shape index (κ1) is 16.6. The molecule has 6 heteroatoms. The molecule has 3 aromatic rings. The molecule has 0 aliphatic heterocycles. The SMILES string of the molecule is Cc1ccc(C(=O)c2cn(CC(N)=O)c3nc(C)ccc3c2=O)cc1. The summed E-state index contributed by atoms with van der Waals surface area (Å²) >= 11 is 0. The Labute approximate surface area is 143 Å². The maximum atomic E-state index is 12.8. The number of hydrogen-bond acceptors (Lipinski definition) is 4. The van der Waals surface area contributed by atoms with Crippen molar-refractivity contribution in [1.29, 1.82) is 0 Å². The minimum Gasteiger partial charge on any atom is -0.368 e. The van der Waals surface area contributed by atoms with Gasteiger partial charge in [-0.3, -0.25) is 14.4 Å². The summed E-state index contributed by atoms with van der Waals surface area (Å²) in [6.07, 6.45) is 1.37. The molecule has 0 radical (unpaired) electrons. The van der Waals surface area contributed by atoms with Gasteiger partial charge in [-0.1, -0.05) is 29.8 Å². The minimum absolute atomic E-state index is 0.0109. The number of aromatic nitrogens is 2. The fourth-order valence-electron chi connectivity index (χ4n) is 2.67. The van der Waals surface area contributed by atoms with Crippen molar-refractivity contribution in [2.45, 2.75) is 20.4 Å². The molecule has 2 heterocycles. The lowest BCUT2D eigenvalue weighted by Gasteiger charge is -2.11. The lowest BCUT2D eigenvalue weighted by atomic mass is 10.0. The Bertz CT molecular complexity index is 1050. The summed E-state index contributed by atoms with van der Waals surface area (Å²) in [6.45, 7) is 3.53. The summed E-state index contributed by atoms with van der Waals surface area (Å²) in [5, 5.41) is 0.282. The molecular weight excluding hydrogens is 318 g/mol. The highest BCUT2D eigenvalue weighted by Gasteiger charge is 2.18. The van der Waals surface area contributed by atoms with E-state index >= 15 is 0 Å². The number of amides is 1. The molecule has 0 atom stereocenters. The van der Waals surface area contributed by atoms with Crippen molar-refractivity contribution in [3.8, 4) is 0 Å². The highest BCUT2D eigenvalue weighted by atomic mass is 16.1. The van der Waals surface area contributed by atoms with E-state index in [4.69, 9.17) is 5.73 Å². The summed E-state index contributed by atoms with van der Waals surface area (Å²) in [4.78, 5) is 41.2. The number of carbonyl (C=O) groups is 2. The number of aryl methyl sites for hydroxylation is 2. The van der Waals surface area contributed by atoms with E-state index in [9.17, 15) is 14.4 Å². The number of pyridine rings is 2. The van der Waals surface area contributed by atoms with Crippen LogP contribution >= 0.6 is 0 Å². The third-order valence-corrected chi connectivity index (χ3v) is 3.95. The van der Waals surface area contributed by atoms with Gasteiger partial charge in [0, 0.05) is 17.5 Å². The third kappa shape index (κ3) is 3.19. The fraction of sp³-hybridized carbons (Fsp3) is 0.158. The van der Waals surface area contributed by atoms with Gasteiger partial charge in [0.05, 0.1) is 10.9 Å². The number of hydrogen-bond donors (Lipinski definition) is 1. The molecule has 126 valence electrons. The molecule has 0 aliphatic carbocycles. The Balaban J connectivity index is 2.24. The van der Waals surface area contributed by atoms with E-state index in [-0.39, 0.29) is 17.5 Å². The number of fused-ring (bicyclic) bond motifs is 1. The molecule has 1 amide bonds. The number of primary amides is 1. The molecule has 3 rings (SSSR count). The second-order valence-corrected chi connectivity index (χ2v) is 5.99. The number of nitrogens with two attached hydrogens (primary N) is 1. The maximum absolute atomic E-state index is 12.8. The van der Waals surface area contributed by atoms with Crippen LogP contribution in [0.3, 0.4) is 0 Å². The lowest BCUT2D eigenvalue weighted by molar-refractivity contribution is -0.118. The van der Waals surface area contributed by atoms with Crippen molar-refractivity contribution in [2.24, 2.45) is 5.73 Å². The first-order chi connectivity index (χ1) is 11.9. The summed E-state index contributed by atoms with van der Waals surface area (Å²) in [6, 6.07) is 10.3. The molecule has 2 N–H and O–H groups in total. The van der Waals surface area contributed by atoms with E-state index in [0.717, 1.165) is 5.56 Å². The molecule has 25 heavy (non-hydrogen) atoms. The van der Waals surface area contributed by atoms with E-state index in [1.807, 2.05) is 6.92 Å². The highest BCUT2D eigenvalue weighted by Crippen LogP contribution is 2.14. The molecule has 0 saturated carbocycles. The van der Waals surface area contributed by atoms with E-state index in [1.165, 1.54) is 10.8 Å². The average Bonchev–Trinajstić information content (AvgIpc) is 2.57. The van der Waals surface area contributed by atoms with Crippen LogP contribution < -0.4 is 11.2 Å². The van der Waals surface area contributed by atoms with Crippen LogP contribution in [0.15, 0.2) is 47.4 Å². The number of ketones is 1. The predicted octanol–water partition coefficient (Wildman–Crippen LogP) is 1.73. The highest BCUT2D eigenvalue weighted by molar-refractivity contribution is 6.10. The monoisotopic (exact) mass is 335 g/mol. The third-order valence-electron chi connectivity index (χ3n) is 3.95. The smallest absolute Gasteiger partial charge is 0.237 e. The van der Waals surface area contributed by atoms with Crippen LogP contribution in [-0.4, -0.2) is 21.2 Å². The molecule has 2 aromatic heterocycles. The lowest BCUT2D eigenvalue weighted by Crippen LogP contribution is -2.25. The van der Waals surface area contributed by atoms with Crippen molar-refractivity contribution in [1.82, 2.24) is 9.55 Å². The zero-order valence-electron chi connectivity index (χ0n) is 13.9. The van der Waals surface area contributed by atoms with Gasteiger partial charge in [-0.05, 0) is 26.0 Å². The normalized spacial score (nSPS) is 10.8. The maximum Gasteiger partial charge on any atom is 0.237 e. The standard InChI is InChI=1S/C19H17N3O3/c1-11-3-6-13(7-4-11)17(24)15-9-22(10-16(20)23)19-14(18(15)25)8-5-12(2)21-19/h3-9H,10H2,1-2H3,(H2,20,23). The Morgan fingerprint density at radius 2 is 1.76 bits per heavy atom. The largest absolute Gasteiger partial charge is 0.368 e. The molecule has 0 saturated heterocycles. The summed E-state index contributed by atoms with van der Waals surface area (Å²) in [7, 11) is 0. The van der Waals surface area contributed by atoms with E-state index in [1.54, 1.807) is 43.3 Å². The molecule has 0 bridgehead atoms. The topological polar surface area (TPSA) is 95.1 Å². The van der Waals surface area contributed by atoms with Crippen molar-refractivity contribution in [3.05, 3.63) is 75.2 Å². The van der Waals surface area contributed by atoms with Gasteiger partial charge in [-0.2, -0.15) is 0 Å². The molecule has 1 aromatic carbocycles. The zero-order chi connectivity index (χ0) is 18.1. The van der Waals surface area contributed by atoms with Crippen LogP contribution in [0.1, 0.15) is 27.2 Å². The second kappa shape index (κ2) is 6.32. The van der Waals surface area contributed by atoms with Gasteiger partial charge in [-0.25, -0.2) is 4.98 Å². The minimum atomic E-state index is -0.581. The van der Waals surface area contributed by atoms with Gasteiger partial charge in [0.2, 0.25) is 11.3 Å². The van der Waals surface area contributed by atoms with E-state index < -0.39 is 17.1 Å². The molecule has 0 aliphatic rings. The van der Waals surface area contributed by atoms with Gasteiger partial charge >= 0.3 is 0 Å². The Morgan fingerprint density at radius 1 is 1.08 bits per heavy atom. The Kier molecular flexibility index (Phi) is 4.19. The Morgan fingerprint density at radius 3 is 2.40 bits per heavy atom. The van der Waals surface area contributed by atoms with Crippen LogP contribution in [0.4, 0.5) is 0 Å². The van der Waals surface area contributed by atoms with E-state index in [2.05, 4.69) is 4.98 Å². The van der Waals surface area contributed by atoms with Crippen molar-refractivity contribution in [2.75, 3.05) is 0 Å². The quantitative estimate of drug-likeness (QED) is 0.735. The average molecular weight is 335 g/mol. The summed E-state index contributed by atoms with van der Waals surface area (Å²) < 4.78 is 1.45. The second-order valence-electron chi connectivity index (χ2n) is 5.99. The first-order valence-electron chi connectivity index (χ1n) is 7.77. The van der Waals surface area contributed by atoms with Crippen molar-refractivity contribution >= 4 is 22.7 Å². The predicted molar refractivity (Wildman–Crippen MR) is 94.5 cm³/mol. The van der Waals surface area contributed by atoms with Gasteiger partial charge in [-0.15, -0.1) is 0 Å². The van der Waals surface area contributed by atoms with Crippen molar-refractivity contribution in [3.63, 3.8) is 0 Å². The van der Waals surface area contributed by atoms with E-state index in [0.29, 0.717) is 16.9 Å². The number of carbonyl (C=O) groups excluding carboxylic acids is 2. The van der Waals surface area contributed by atoms with Gasteiger partial charge in [0.25, 0.3) is 0 Å². The van der Waals surface area contributed by atoms with Crippen LogP contribution in [0.25, 0.3) is 11.0 Å². The summed E-state index contributed by atoms with van der Waals surface area (Å²) in [5.41, 5.74) is 7.33. The van der Waals surface area contributed by atoms with Gasteiger partial charge in [0.1, 0.15) is 12.2 Å². The van der Waals surface area contributed by atoms with Crippen molar-refractivity contribution < 1.29 is 9.59 Å². The zero-order valence-corrected chi connectivity index (χ0v) is 13.9. The summed E-state index contributed by atoms with van der Waals surface area (Å²) in [5.74, 6) is -0.979. The van der Waals surface area contributed by atoms with Crippen LogP contribution in [0, 0.1) is 13.8 Å². The van der Waals surface area contributed by atoms with Gasteiger partial charge < -0.3 is 10.3 Å². The molecular formula is C19H17N3O3. The Hall–Kier alpha value is -3.28. The van der Waals surface area contributed by atoms with Crippen LogP contribution in [0.5, 0.6) is 0 Å². The first-order valence-corrected chi connectivity index (χ1v) is 7.77. The fourth-order valence-corrected chi connectivity index (χ4v) is 2.67. The molecule has 0 unspecified atom stereocenters. The van der Waals surface area contributed by atoms with Gasteiger partial charge in [0.15, 0.2) is 5.78 Å². The number of nitrogens with zero attached hydrogens (tertiary/aromatic N) is 2. The van der Waals surface area contributed by atoms with Crippen LogP contribution in [0.2, 0.25) is 0 Å². The van der Waals surface area contributed by atoms with Crippen LogP contribution in [-0.2, 0) is 11.3 Å². The molecule has 6 nitrogen and oxygen atoms in total. The number of rotatable bonds is 4. The molecule has 0 fully saturated rings. The number of benzene rings is 1.